The number of hydrogen-bond donors (Lipinski definition) is 1. The number of pyridine rings is 1. The first-order valence-corrected chi connectivity index (χ1v) is 8.72. The number of hydrogen-bond acceptors (Lipinski definition) is 6. The fourth-order valence-corrected chi connectivity index (χ4v) is 3.39. The van der Waals surface area contributed by atoms with Gasteiger partial charge in [0.2, 0.25) is 0 Å². The van der Waals surface area contributed by atoms with Crippen LogP contribution in [0.5, 0.6) is 5.75 Å². The van der Waals surface area contributed by atoms with Gasteiger partial charge in [-0.2, -0.15) is 10.4 Å². The van der Waals surface area contributed by atoms with Crippen LogP contribution in [0, 0.1) is 17.1 Å². The number of nitrogens with two attached hydrogens (primary N) is 1. The monoisotopic (exact) mass is 379 g/mol. The fourth-order valence-electron chi connectivity index (χ4n) is 3.39. The smallest absolute Gasteiger partial charge is 0.166 e. The Kier molecular flexibility index (Phi) is 4.45. The minimum Gasteiger partial charge on any atom is -0.482 e. The van der Waals surface area contributed by atoms with Crippen molar-refractivity contribution in [1.82, 2.24) is 14.8 Å². The summed E-state index contributed by atoms with van der Waals surface area (Å²) in [7, 11) is 1.70. The fraction of sp³-hybridized carbons (Fsp3) is 0.250. The maximum absolute atomic E-state index is 13.8. The van der Waals surface area contributed by atoms with Crippen molar-refractivity contribution in [2.24, 2.45) is 7.05 Å². The van der Waals surface area contributed by atoms with Gasteiger partial charge in [0.15, 0.2) is 11.6 Å². The topological polar surface area (TPSA) is 99.0 Å². The van der Waals surface area contributed by atoms with E-state index in [4.69, 9.17) is 15.2 Å². The number of aryl methyl sites for hydroxylation is 1. The number of rotatable bonds is 0. The second-order valence-corrected chi connectivity index (χ2v) is 6.61. The number of nitrogens with zero attached hydrogens (tertiary/aromatic N) is 4. The summed E-state index contributed by atoms with van der Waals surface area (Å²) in [6, 6.07) is 8.39. The Morgan fingerprint density at radius 1 is 1.32 bits per heavy atom. The lowest BCUT2D eigenvalue weighted by atomic mass is 10.0. The van der Waals surface area contributed by atoms with Crippen LogP contribution in [0.25, 0.3) is 11.1 Å². The Bertz CT molecular complexity index is 1100. The molecular formula is C20H18FN5O2. The Balaban J connectivity index is 1.90. The highest BCUT2D eigenvalue weighted by molar-refractivity contribution is 5.73. The van der Waals surface area contributed by atoms with Crippen LogP contribution in [0.2, 0.25) is 0 Å². The molecule has 2 N–H and O–H groups in total. The highest BCUT2D eigenvalue weighted by atomic mass is 19.1. The number of aromatic nitrogens is 3. The van der Waals surface area contributed by atoms with E-state index in [1.807, 2.05) is 6.92 Å². The molecule has 3 heterocycles. The second-order valence-electron chi connectivity index (χ2n) is 6.61. The minimum atomic E-state index is -0.475. The quantitative estimate of drug-likeness (QED) is 0.644. The number of fused-ring (bicyclic) bond motifs is 5. The largest absolute Gasteiger partial charge is 0.482 e. The van der Waals surface area contributed by atoms with Crippen LogP contribution in [0.15, 0.2) is 30.5 Å². The Morgan fingerprint density at radius 3 is 2.93 bits per heavy atom. The third kappa shape index (κ3) is 3.06. The van der Waals surface area contributed by atoms with Gasteiger partial charge in [0.05, 0.1) is 18.9 Å². The summed E-state index contributed by atoms with van der Waals surface area (Å²) in [5, 5.41) is 14.0. The van der Waals surface area contributed by atoms with Crippen molar-refractivity contribution in [1.29, 1.82) is 5.26 Å². The molecule has 0 amide bonds. The predicted molar refractivity (Wildman–Crippen MR) is 99.5 cm³/mol. The van der Waals surface area contributed by atoms with E-state index in [1.54, 1.807) is 25.4 Å². The van der Waals surface area contributed by atoms with Gasteiger partial charge >= 0.3 is 0 Å². The predicted octanol–water partition coefficient (Wildman–Crippen LogP) is 3.25. The summed E-state index contributed by atoms with van der Waals surface area (Å²) in [5.74, 6) is 0.220. The van der Waals surface area contributed by atoms with E-state index in [0.717, 1.165) is 5.56 Å². The molecule has 0 saturated carbocycles. The van der Waals surface area contributed by atoms with Crippen molar-refractivity contribution in [3.05, 3.63) is 58.8 Å². The highest BCUT2D eigenvalue weighted by Crippen LogP contribution is 2.35. The SMILES string of the molecule is CC1Oc2cc(cnc2N)-c2c(nn(C)c2C#N)COCc2ccc(F)cc21. The van der Waals surface area contributed by atoms with Crippen molar-refractivity contribution < 1.29 is 13.9 Å². The van der Waals surface area contributed by atoms with Crippen LogP contribution < -0.4 is 10.5 Å². The van der Waals surface area contributed by atoms with E-state index < -0.39 is 6.10 Å². The molecule has 1 unspecified atom stereocenters. The number of benzene rings is 1. The molecule has 3 aromatic rings. The molecule has 4 rings (SSSR count). The van der Waals surface area contributed by atoms with Gasteiger partial charge in [-0.05, 0) is 30.7 Å². The maximum atomic E-state index is 13.8. The first-order valence-electron chi connectivity index (χ1n) is 8.72. The molecule has 8 heteroatoms. The van der Waals surface area contributed by atoms with Crippen LogP contribution in [-0.4, -0.2) is 14.8 Å². The van der Waals surface area contributed by atoms with Gasteiger partial charge in [0, 0.05) is 29.9 Å². The summed E-state index contributed by atoms with van der Waals surface area (Å²) in [4.78, 5) is 4.21. The van der Waals surface area contributed by atoms with Crippen molar-refractivity contribution >= 4 is 5.82 Å². The van der Waals surface area contributed by atoms with Crippen molar-refractivity contribution in [3.8, 4) is 22.9 Å². The molecule has 28 heavy (non-hydrogen) atoms. The van der Waals surface area contributed by atoms with E-state index in [9.17, 15) is 9.65 Å². The Morgan fingerprint density at radius 2 is 2.14 bits per heavy atom. The number of nitriles is 1. The summed E-state index contributed by atoms with van der Waals surface area (Å²) in [6.07, 6.45) is 1.10. The van der Waals surface area contributed by atoms with E-state index in [2.05, 4.69) is 16.2 Å². The molecule has 1 atom stereocenters. The molecule has 1 aliphatic rings. The van der Waals surface area contributed by atoms with Crippen LogP contribution in [0.1, 0.15) is 35.5 Å². The molecule has 1 aromatic carbocycles. The number of nitrogen functional groups attached to an aromatic ring is 1. The lowest BCUT2D eigenvalue weighted by Crippen LogP contribution is -2.11. The highest BCUT2D eigenvalue weighted by Gasteiger charge is 2.22. The molecule has 1 aliphatic heterocycles. The van der Waals surface area contributed by atoms with Crippen LogP contribution in [-0.2, 0) is 25.0 Å². The standard InChI is InChI=1S/C20H18FN5O2/c1-11-15-6-14(21)4-3-12(15)9-27-10-16-19(17(7-22)26(2)25-16)13-5-18(28-11)20(23)24-8-13/h3-6,8,11H,9-10H2,1-2H3,(H2,23,24). The molecule has 142 valence electrons. The summed E-state index contributed by atoms with van der Waals surface area (Å²) in [5.41, 5.74) is 9.76. The van der Waals surface area contributed by atoms with E-state index in [-0.39, 0.29) is 24.8 Å². The molecule has 0 fully saturated rings. The van der Waals surface area contributed by atoms with E-state index in [1.165, 1.54) is 16.8 Å². The van der Waals surface area contributed by atoms with Gasteiger partial charge in [0.25, 0.3) is 0 Å². The molecule has 2 aromatic heterocycles. The zero-order valence-electron chi connectivity index (χ0n) is 15.4. The summed E-state index contributed by atoms with van der Waals surface area (Å²) < 4.78 is 27.2. The van der Waals surface area contributed by atoms with Gasteiger partial charge in [-0.1, -0.05) is 6.07 Å². The van der Waals surface area contributed by atoms with Crippen molar-refractivity contribution in [2.75, 3.05) is 5.73 Å². The normalized spacial score (nSPS) is 16.0. The number of ether oxygens (including phenoxy) is 2. The third-order valence-electron chi connectivity index (χ3n) is 4.74. The van der Waals surface area contributed by atoms with Gasteiger partial charge in [-0.15, -0.1) is 0 Å². The molecule has 2 bridgehead atoms. The zero-order valence-corrected chi connectivity index (χ0v) is 15.4. The van der Waals surface area contributed by atoms with Gasteiger partial charge in [0.1, 0.15) is 23.7 Å². The van der Waals surface area contributed by atoms with Gasteiger partial charge in [-0.25, -0.2) is 9.37 Å². The first kappa shape index (κ1) is 17.9. The minimum absolute atomic E-state index is 0.191. The number of anilines is 1. The van der Waals surface area contributed by atoms with E-state index in [0.29, 0.717) is 33.8 Å². The molecule has 0 saturated heterocycles. The lowest BCUT2D eigenvalue weighted by Gasteiger charge is -2.20. The first-order chi connectivity index (χ1) is 13.5. The molecule has 7 nitrogen and oxygen atoms in total. The Labute approximate surface area is 161 Å². The molecular weight excluding hydrogens is 361 g/mol. The lowest BCUT2D eigenvalue weighted by molar-refractivity contribution is 0.102. The molecule has 0 radical (unpaired) electrons. The average molecular weight is 379 g/mol. The Hall–Kier alpha value is -3.44. The maximum Gasteiger partial charge on any atom is 0.166 e. The summed E-state index contributed by atoms with van der Waals surface area (Å²) >= 11 is 0. The van der Waals surface area contributed by atoms with Crippen LogP contribution in [0.3, 0.4) is 0 Å². The van der Waals surface area contributed by atoms with E-state index >= 15 is 0 Å². The van der Waals surface area contributed by atoms with Crippen molar-refractivity contribution in [3.63, 3.8) is 0 Å². The molecule has 0 spiro atoms. The third-order valence-corrected chi connectivity index (χ3v) is 4.74. The van der Waals surface area contributed by atoms with Crippen LogP contribution in [0.4, 0.5) is 10.2 Å². The average Bonchev–Trinajstić information content (AvgIpc) is 2.99. The van der Waals surface area contributed by atoms with Gasteiger partial charge in [-0.3, -0.25) is 4.68 Å². The number of halogens is 1. The zero-order chi connectivity index (χ0) is 19.8. The second kappa shape index (κ2) is 6.94. The van der Waals surface area contributed by atoms with Gasteiger partial charge < -0.3 is 15.2 Å². The molecule has 0 aliphatic carbocycles. The van der Waals surface area contributed by atoms with Crippen LogP contribution >= 0.6 is 0 Å². The van der Waals surface area contributed by atoms with Crippen molar-refractivity contribution in [2.45, 2.75) is 26.2 Å². The summed E-state index contributed by atoms with van der Waals surface area (Å²) in [6.45, 7) is 2.26.